The largest absolute Gasteiger partial charge is 0.324 e. The number of rotatable bonds is 3. The maximum absolute atomic E-state index is 12.9. The van der Waals surface area contributed by atoms with E-state index in [2.05, 4.69) is 31.6 Å². The van der Waals surface area contributed by atoms with E-state index in [0.29, 0.717) is 0 Å². The minimum Gasteiger partial charge on any atom is -0.324 e. The van der Waals surface area contributed by atoms with E-state index >= 15 is 0 Å². The monoisotopic (exact) mass is 349 g/mol. The van der Waals surface area contributed by atoms with E-state index in [1.807, 2.05) is 30.9 Å². The SMILES string of the molecule is CN(C)Cc1nnc(C2CCCN(C(=O)N3CCN(C)CC3)C2)n1C. The highest BCUT2D eigenvalue weighted by Gasteiger charge is 2.31. The highest BCUT2D eigenvalue weighted by Crippen LogP contribution is 2.26. The first kappa shape index (κ1) is 18.1. The summed E-state index contributed by atoms with van der Waals surface area (Å²) in [7, 11) is 8.21. The Morgan fingerprint density at radius 1 is 1.08 bits per heavy atom. The molecule has 8 nitrogen and oxygen atoms in total. The maximum Gasteiger partial charge on any atom is 0.320 e. The van der Waals surface area contributed by atoms with Crippen LogP contribution in [0.2, 0.25) is 0 Å². The molecule has 8 heteroatoms. The fraction of sp³-hybridized carbons (Fsp3) is 0.824. The average Bonchev–Trinajstić information content (AvgIpc) is 2.95. The third kappa shape index (κ3) is 4.12. The lowest BCUT2D eigenvalue weighted by Gasteiger charge is -2.39. The number of nitrogens with zero attached hydrogens (tertiary/aromatic N) is 7. The third-order valence-electron chi connectivity index (χ3n) is 5.29. The summed E-state index contributed by atoms with van der Waals surface area (Å²) in [5.74, 6) is 2.26. The van der Waals surface area contributed by atoms with Gasteiger partial charge in [0.25, 0.3) is 0 Å². The van der Waals surface area contributed by atoms with Crippen molar-refractivity contribution in [2.45, 2.75) is 25.3 Å². The minimum absolute atomic E-state index is 0.188. The van der Waals surface area contributed by atoms with Crippen LogP contribution in [-0.4, -0.2) is 101 Å². The summed E-state index contributed by atoms with van der Waals surface area (Å²) in [5, 5.41) is 8.79. The Balaban J connectivity index is 1.65. The first-order valence-electron chi connectivity index (χ1n) is 9.21. The van der Waals surface area contributed by atoms with Crippen molar-refractivity contribution in [3.05, 3.63) is 11.6 Å². The molecule has 0 radical (unpaired) electrons. The van der Waals surface area contributed by atoms with Crippen LogP contribution in [-0.2, 0) is 13.6 Å². The molecule has 0 spiro atoms. The average molecular weight is 349 g/mol. The molecule has 0 bridgehead atoms. The van der Waals surface area contributed by atoms with Crippen LogP contribution in [0.4, 0.5) is 4.79 Å². The van der Waals surface area contributed by atoms with Crippen LogP contribution in [0, 0.1) is 0 Å². The molecule has 2 fully saturated rings. The minimum atomic E-state index is 0.188. The van der Waals surface area contributed by atoms with Crippen molar-refractivity contribution in [2.24, 2.45) is 7.05 Å². The Hall–Kier alpha value is -1.67. The van der Waals surface area contributed by atoms with Gasteiger partial charge in [-0.1, -0.05) is 0 Å². The number of carbonyl (C=O) groups excluding carboxylic acids is 1. The molecule has 0 N–H and O–H groups in total. The van der Waals surface area contributed by atoms with Crippen LogP contribution in [0.15, 0.2) is 0 Å². The fourth-order valence-corrected chi connectivity index (χ4v) is 3.71. The van der Waals surface area contributed by atoms with Crippen LogP contribution in [0.3, 0.4) is 0 Å². The number of aromatic nitrogens is 3. The van der Waals surface area contributed by atoms with Gasteiger partial charge in [-0.3, -0.25) is 0 Å². The highest BCUT2D eigenvalue weighted by atomic mass is 16.2. The smallest absolute Gasteiger partial charge is 0.320 e. The molecule has 3 rings (SSSR count). The first-order valence-corrected chi connectivity index (χ1v) is 9.21. The summed E-state index contributed by atoms with van der Waals surface area (Å²) in [5.41, 5.74) is 0. The summed E-state index contributed by atoms with van der Waals surface area (Å²) in [4.78, 5) is 21.2. The third-order valence-corrected chi connectivity index (χ3v) is 5.29. The molecule has 0 aliphatic carbocycles. The van der Waals surface area contributed by atoms with Gasteiger partial charge in [0.05, 0.1) is 6.54 Å². The quantitative estimate of drug-likeness (QED) is 0.792. The molecule has 1 aromatic rings. The molecule has 2 aliphatic rings. The zero-order valence-electron chi connectivity index (χ0n) is 16.0. The van der Waals surface area contributed by atoms with Gasteiger partial charge >= 0.3 is 6.03 Å². The van der Waals surface area contributed by atoms with Crippen molar-refractivity contribution in [2.75, 3.05) is 60.4 Å². The second-order valence-electron chi connectivity index (χ2n) is 7.63. The van der Waals surface area contributed by atoms with Crippen molar-refractivity contribution in [1.82, 2.24) is 34.4 Å². The first-order chi connectivity index (χ1) is 12.0. The Morgan fingerprint density at radius 3 is 2.48 bits per heavy atom. The van der Waals surface area contributed by atoms with Crippen LogP contribution in [0.5, 0.6) is 0 Å². The fourth-order valence-electron chi connectivity index (χ4n) is 3.71. The Morgan fingerprint density at radius 2 is 1.80 bits per heavy atom. The summed E-state index contributed by atoms with van der Waals surface area (Å²) in [6.07, 6.45) is 2.10. The van der Waals surface area contributed by atoms with Gasteiger partial charge in [-0.2, -0.15) is 0 Å². The van der Waals surface area contributed by atoms with Crippen molar-refractivity contribution < 1.29 is 4.79 Å². The second kappa shape index (κ2) is 7.70. The van der Waals surface area contributed by atoms with Gasteiger partial charge in [0, 0.05) is 52.2 Å². The van der Waals surface area contributed by atoms with Crippen LogP contribution in [0.25, 0.3) is 0 Å². The van der Waals surface area contributed by atoms with E-state index in [-0.39, 0.29) is 11.9 Å². The molecule has 1 aromatic heterocycles. The van der Waals surface area contributed by atoms with Crippen molar-refractivity contribution in [3.8, 4) is 0 Å². The molecule has 140 valence electrons. The number of piperidine rings is 1. The lowest BCUT2D eigenvalue weighted by molar-refractivity contribution is 0.111. The van der Waals surface area contributed by atoms with E-state index < -0.39 is 0 Å². The predicted octanol–water partition coefficient (Wildman–Crippen LogP) is 0.424. The Labute approximate surface area is 150 Å². The van der Waals surface area contributed by atoms with E-state index in [1.54, 1.807) is 0 Å². The van der Waals surface area contributed by atoms with E-state index in [1.165, 1.54) is 0 Å². The maximum atomic E-state index is 12.9. The van der Waals surface area contributed by atoms with Crippen molar-refractivity contribution >= 4 is 6.03 Å². The Bertz CT molecular complexity index is 592. The molecule has 2 saturated heterocycles. The van der Waals surface area contributed by atoms with Crippen LogP contribution >= 0.6 is 0 Å². The standard InChI is InChI=1S/C17H31N7O/c1-20(2)13-15-18-19-16(22(15)4)14-6-5-7-24(12-14)17(25)23-10-8-21(3)9-11-23/h14H,5-13H2,1-4H3. The molecular weight excluding hydrogens is 318 g/mol. The number of urea groups is 1. The van der Waals surface area contributed by atoms with E-state index in [4.69, 9.17) is 0 Å². The summed E-state index contributed by atoms with van der Waals surface area (Å²) in [6.45, 7) is 5.95. The molecular formula is C17H31N7O. The lowest BCUT2D eigenvalue weighted by Crippen LogP contribution is -2.53. The number of amides is 2. The van der Waals surface area contributed by atoms with Gasteiger partial charge < -0.3 is 24.2 Å². The zero-order valence-corrected chi connectivity index (χ0v) is 16.0. The van der Waals surface area contributed by atoms with Crippen molar-refractivity contribution in [3.63, 3.8) is 0 Å². The molecule has 1 unspecified atom stereocenters. The molecule has 2 amide bonds. The van der Waals surface area contributed by atoms with E-state index in [0.717, 1.165) is 70.3 Å². The lowest BCUT2D eigenvalue weighted by atomic mass is 9.97. The topological polar surface area (TPSA) is 60.7 Å². The van der Waals surface area contributed by atoms with Crippen molar-refractivity contribution in [1.29, 1.82) is 0 Å². The molecule has 0 saturated carbocycles. The number of carbonyl (C=O) groups is 1. The second-order valence-corrected chi connectivity index (χ2v) is 7.63. The van der Waals surface area contributed by atoms with Crippen LogP contribution in [0.1, 0.15) is 30.4 Å². The molecule has 3 heterocycles. The highest BCUT2D eigenvalue weighted by molar-refractivity contribution is 5.74. The normalized spacial score (nSPS) is 22.7. The number of hydrogen-bond donors (Lipinski definition) is 0. The zero-order chi connectivity index (χ0) is 18.0. The number of hydrogen-bond acceptors (Lipinski definition) is 5. The Kier molecular flexibility index (Phi) is 5.58. The summed E-state index contributed by atoms with van der Waals surface area (Å²) < 4.78 is 2.11. The van der Waals surface area contributed by atoms with Gasteiger partial charge in [0.15, 0.2) is 0 Å². The molecule has 1 atom stereocenters. The van der Waals surface area contributed by atoms with Gasteiger partial charge in [-0.05, 0) is 34.0 Å². The summed E-state index contributed by atoms with van der Waals surface area (Å²) in [6, 6.07) is 0.188. The molecule has 0 aromatic carbocycles. The molecule has 2 aliphatic heterocycles. The van der Waals surface area contributed by atoms with Gasteiger partial charge in [0.1, 0.15) is 11.6 Å². The van der Waals surface area contributed by atoms with Gasteiger partial charge in [0.2, 0.25) is 0 Å². The number of likely N-dealkylation sites (N-methyl/N-ethyl adjacent to an activating group) is 1. The van der Waals surface area contributed by atoms with Gasteiger partial charge in [-0.15, -0.1) is 10.2 Å². The number of piperazine rings is 1. The number of likely N-dealkylation sites (tertiary alicyclic amines) is 1. The van der Waals surface area contributed by atoms with Gasteiger partial charge in [-0.25, -0.2) is 4.79 Å². The van der Waals surface area contributed by atoms with Crippen LogP contribution < -0.4 is 0 Å². The summed E-state index contributed by atoms with van der Waals surface area (Å²) >= 11 is 0. The molecule has 25 heavy (non-hydrogen) atoms. The predicted molar refractivity (Wildman–Crippen MR) is 96.4 cm³/mol. The van der Waals surface area contributed by atoms with E-state index in [9.17, 15) is 4.79 Å².